The second kappa shape index (κ2) is 9.31. The van der Waals surface area contributed by atoms with Crippen molar-refractivity contribution in [3.05, 3.63) is 111 Å². The van der Waals surface area contributed by atoms with Crippen LogP contribution in [0.15, 0.2) is 78.9 Å². The van der Waals surface area contributed by atoms with E-state index in [-0.39, 0.29) is 22.8 Å². The Hall–Kier alpha value is -4.43. The van der Waals surface area contributed by atoms with Crippen molar-refractivity contribution < 1.29 is 23.6 Å². The number of fused-ring (bicyclic) bond motifs is 3. The Morgan fingerprint density at radius 3 is 2.39 bits per heavy atom. The molecule has 5 rings (SSSR count). The minimum Gasteiger partial charge on any atom is -0.495 e. The summed E-state index contributed by atoms with van der Waals surface area (Å²) in [5.41, 5.74) is 2.31. The number of aromatic nitrogens is 1. The number of non-ortho nitro benzene ring substituents is 1. The molecule has 9 heteroatoms. The van der Waals surface area contributed by atoms with Crippen LogP contribution in [0.25, 0.3) is 21.8 Å². The molecule has 0 amide bonds. The van der Waals surface area contributed by atoms with E-state index in [1.807, 2.05) is 10.6 Å². The lowest BCUT2D eigenvalue weighted by Crippen LogP contribution is -2.09. The van der Waals surface area contributed by atoms with Crippen molar-refractivity contribution in [2.75, 3.05) is 7.11 Å². The zero-order chi connectivity index (χ0) is 25.4. The maximum atomic E-state index is 13.5. The number of nitrogens with zero attached hydrogens (tertiary/aromatic N) is 2. The smallest absolute Gasteiger partial charge is 0.344 e. The van der Waals surface area contributed by atoms with Crippen molar-refractivity contribution in [2.45, 2.75) is 6.54 Å². The van der Waals surface area contributed by atoms with Crippen LogP contribution in [0.1, 0.15) is 15.9 Å². The van der Waals surface area contributed by atoms with Gasteiger partial charge in [-0.2, -0.15) is 0 Å². The molecular weight excluding hydrogens is 487 g/mol. The topological polar surface area (TPSA) is 83.6 Å². The molecule has 0 radical (unpaired) electrons. The lowest BCUT2D eigenvalue weighted by atomic mass is 10.1. The van der Waals surface area contributed by atoms with Gasteiger partial charge in [0.05, 0.1) is 33.7 Å². The molecule has 1 aromatic heterocycles. The lowest BCUT2D eigenvalue weighted by molar-refractivity contribution is -0.384. The second-order valence-corrected chi connectivity index (χ2v) is 8.44. The fourth-order valence-electron chi connectivity index (χ4n) is 4.28. The quantitative estimate of drug-likeness (QED) is 0.110. The maximum absolute atomic E-state index is 13.5. The molecule has 1 heterocycles. The van der Waals surface area contributed by atoms with Crippen molar-refractivity contribution in [2.24, 2.45) is 0 Å². The van der Waals surface area contributed by atoms with Gasteiger partial charge in [-0.15, -0.1) is 0 Å². The minimum atomic E-state index is -0.641. The average molecular weight is 505 g/mol. The van der Waals surface area contributed by atoms with E-state index in [2.05, 4.69) is 0 Å². The monoisotopic (exact) mass is 504 g/mol. The molecule has 0 fully saturated rings. The number of carbonyl (C=O) groups is 1. The first-order chi connectivity index (χ1) is 17.4. The number of rotatable bonds is 6. The number of esters is 1. The van der Waals surface area contributed by atoms with Crippen LogP contribution in [-0.4, -0.2) is 22.6 Å². The molecule has 5 aromatic rings. The summed E-state index contributed by atoms with van der Waals surface area (Å²) >= 11 is 6.63. The number of halogens is 2. The van der Waals surface area contributed by atoms with Gasteiger partial charge in [-0.05, 0) is 48.0 Å². The van der Waals surface area contributed by atoms with Crippen LogP contribution in [0, 0.1) is 15.9 Å². The molecule has 36 heavy (non-hydrogen) atoms. The molecule has 0 N–H and O–H groups in total. The third-order valence-corrected chi connectivity index (χ3v) is 6.19. The summed E-state index contributed by atoms with van der Waals surface area (Å²) in [7, 11) is 1.53. The molecule has 0 saturated carbocycles. The Morgan fingerprint density at radius 2 is 1.72 bits per heavy atom. The highest BCUT2D eigenvalue weighted by Gasteiger charge is 2.24. The van der Waals surface area contributed by atoms with Crippen molar-refractivity contribution in [1.29, 1.82) is 0 Å². The Kier molecular flexibility index (Phi) is 6.03. The molecule has 0 aliphatic rings. The van der Waals surface area contributed by atoms with Crippen molar-refractivity contribution in [1.82, 2.24) is 4.57 Å². The van der Waals surface area contributed by atoms with Crippen LogP contribution in [0.5, 0.6) is 11.5 Å². The normalized spacial score (nSPS) is 11.1. The van der Waals surface area contributed by atoms with Gasteiger partial charge < -0.3 is 14.0 Å². The summed E-state index contributed by atoms with van der Waals surface area (Å²) in [4.78, 5) is 23.7. The average Bonchev–Trinajstić information content (AvgIpc) is 3.20. The van der Waals surface area contributed by atoms with Gasteiger partial charge >= 0.3 is 5.97 Å². The number of hydrogen-bond donors (Lipinski definition) is 0. The van der Waals surface area contributed by atoms with Crippen LogP contribution < -0.4 is 9.47 Å². The van der Waals surface area contributed by atoms with E-state index < -0.39 is 10.9 Å². The van der Waals surface area contributed by atoms with E-state index in [9.17, 15) is 19.3 Å². The van der Waals surface area contributed by atoms with E-state index in [0.29, 0.717) is 39.1 Å². The number of methoxy groups -OCH3 is 1. The van der Waals surface area contributed by atoms with Crippen LogP contribution in [0.2, 0.25) is 5.02 Å². The molecule has 0 unspecified atom stereocenters. The summed E-state index contributed by atoms with van der Waals surface area (Å²) in [6, 6.07) is 20.1. The first-order valence-electron chi connectivity index (χ1n) is 10.9. The molecule has 0 saturated heterocycles. The summed E-state index contributed by atoms with van der Waals surface area (Å²) in [6.45, 7) is 0.348. The van der Waals surface area contributed by atoms with Crippen molar-refractivity contribution in [3.8, 4) is 11.5 Å². The number of para-hydroxylation sites is 1. The van der Waals surface area contributed by atoms with Crippen LogP contribution in [0.4, 0.5) is 10.1 Å². The standard InChI is InChI=1S/C27H18ClFN2O5/c1-35-23-14-13-21(27(32)36-19-11-9-18(10-12-19)31(33)34)24-20-3-2-4-22(28)25(20)30(26(23)24)15-16-5-7-17(29)8-6-16/h2-14H,15H2,1H3. The maximum Gasteiger partial charge on any atom is 0.344 e. The highest BCUT2D eigenvalue weighted by Crippen LogP contribution is 2.40. The fraction of sp³-hybridized carbons (Fsp3) is 0.0741. The summed E-state index contributed by atoms with van der Waals surface area (Å²) in [6.07, 6.45) is 0. The first kappa shape index (κ1) is 23.3. The van der Waals surface area contributed by atoms with Gasteiger partial charge in [-0.25, -0.2) is 9.18 Å². The highest BCUT2D eigenvalue weighted by molar-refractivity contribution is 6.37. The molecule has 0 bridgehead atoms. The van der Waals surface area contributed by atoms with Gasteiger partial charge in [0.25, 0.3) is 5.69 Å². The van der Waals surface area contributed by atoms with Gasteiger partial charge in [0, 0.05) is 29.4 Å². The molecule has 4 aromatic carbocycles. The number of carbonyl (C=O) groups excluding carboxylic acids is 1. The SMILES string of the molecule is COc1ccc(C(=O)Oc2ccc([N+](=O)[O-])cc2)c2c3cccc(Cl)c3n(Cc3ccc(F)cc3)c12. The number of nitro groups is 1. The molecule has 0 atom stereocenters. The van der Waals surface area contributed by atoms with Crippen molar-refractivity contribution in [3.63, 3.8) is 0 Å². The molecule has 7 nitrogen and oxygen atoms in total. The lowest BCUT2D eigenvalue weighted by Gasteiger charge is -2.12. The zero-order valence-corrected chi connectivity index (χ0v) is 19.7. The number of hydrogen-bond acceptors (Lipinski definition) is 5. The Morgan fingerprint density at radius 1 is 1.00 bits per heavy atom. The molecule has 180 valence electrons. The molecule has 0 aliphatic carbocycles. The second-order valence-electron chi connectivity index (χ2n) is 8.03. The van der Waals surface area contributed by atoms with E-state index >= 15 is 0 Å². The van der Waals surface area contributed by atoms with Crippen LogP contribution >= 0.6 is 11.6 Å². The molecular formula is C27H18ClFN2O5. The van der Waals surface area contributed by atoms with E-state index in [1.54, 1.807) is 36.4 Å². The number of nitro benzene ring substituents is 1. The fourth-order valence-corrected chi connectivity index (χ4v) is 4.56. The van der Waals surface area contributed by atoms with Gasteiger partial charge in [0.15, 0.2) is 0 Å². The van der Waals surface area contributed by atoms with Crippen LogP contribution in [-0.2, 0) is 6.54 Å². The third kappa shape index (κ3) is 4.12. The predicted octanol–water partition coefficient (Wildman–Crippen LogP) is 6.77. The van der Waals surface area contributed by atoms with Gasteiger partial charge in [-0.1, -0.05) is 35.9 Å². The Bertz CT molecular complexity index is 1630. The van der Waals surface area contributed by atoms with E-state index in [0.717, 1.165) is 5.56 Å². The molecule has 0 spiro atoms. The number of ether oxygens (including phenoxy) is 2. The summed E-state index contributed by atoms with van der Waals surface area (Å²) < 4.78 is 26.6. The summed E-state index contributed by atoms with van der Waals surface area (Å²) in [5.74, 6) is -0.293. The van der Waals surface area contributed by atoms with Gasteiger partial charge in [0.1, 0.15) is 17.3 Å². The van der Waals surface area contributed by atoms with E-state index in [4.69, 9.17) is 21.1 Å². The molecule has 0 aliphatic heterocycles. The van der Waals surface area contributed by atoms with Gasteiger partial charge in [-0.3, -0.25) is 10.1 Å². The Balaban J connectivity index is 1.68. The van der Waals surface area contributed by atoms with Crippen LogP contribution in [0.3, 0.4) is 0 Å². The summed E-state index contributed by atoms with van der Waals surface area (Å²) in [5, 5.41) is 12.7. The highest BCUT2D eigenvalue weighted by atomic mass is 35.5. The minimum absolute atomic E-state index is 0.111. The predicted molar refractivity (Wildman–Crippen MR) is 135 cm³/mol. The van der Waals surface area contributed by atoms with Gasteiger partial charge in [0.2, 0.25) is 0 Å². The first-order valence-corrected chi connectivity index (χ1v) is 11.2. The largest absolute Gasteiger partial charge is 0.495 e. The Labute approximate surface area is 209 Å². The number of benzene rings is 4. The third-order valence-electron chi connectivity index (χ3n) is 5.89. The van der Waals surface area contributed by atoms with E-state index in [1.165, 1.54) is 43.5 Å². The zero-order valence-electron chi connectivity index (χ0n) is 18.9. The van der Waals surface area contributed by atoms with Crippen molar-refractivity contribution >= 4 is 45.1 Å².